The summed E-state index contributed by atoms with van der Waals surface area (Å²) in [6.07, 6.45) is 3.62. The molecule has 1 saturated heterocycles. The van der Waals surface area contributed by atoms with Crippen molar-refractivity contribution >= 4 is 41.1 Å². The van der Waals surface area contributed by atoms with Gasteiger partial charge in [0.05, 0.1) is 10.6 Å². The number of primary amides is 1. The maximum absolute atomic E-state index is 12.9. The molecule has 1 fully saturated rings. The average Bonchev–Trinajstić information content (AvgIpc) is 2.64. The van der Waals surface area contributed by atoms with Gasteiger partial charge in [-0.2, -0.15) is 11.8 Å². The van der Waals surface area contributed by atoms with E-state index in [9.17, 15) is 14.4 Å². The molecule has 3 N–H and O–H groups in total. The summed E-state index contributed by atoms with van der Waals surface area (Å²) in [7, 11) is 0. The first kappa shape index (κ1) is 20.6. The van der Waals surface area contributed by atoms with Crippen LogP contribution in [-0.4, -0.2) is 53.8 Å². The first-order valence-electron chi connectivity index (χ1n) is 8.56. The Bertz CT molecular complexity index is 663. The molecule has 1 aliphatic heterocycles. The van der Waals surface area contributed by atoms with Crippen LogP contribution in [0.3, 0.4) is 0 Å². The van der Waals surface area contributed by atoms with Crippen molar-refractivity contribution in [2.45, 2.75) is 25.3 Å². The minimum absolute atomic E-state index is 0.123. The van der Waals surface area contributed by atoms with Gasteiger partial charge in [0.25, 0.3) is 5.91 Å². The summed E-state index contributed by atoms with van der Waals surface area (Å²) >= 11 is 7.69. The third-order valence-corrected chi connectivity index (χ3v) is 5.52. The van der Waals surface area contributed by atoms with E-state index in [0.29, 0.717) is 42.9 Å². The van der Waals surface area contributed by atoms with E-state index in [0.717, 1.165) is 5.75 Å². The number of rotatable bonds is 7. The summed E-state index contributed by atoms with van der Waals surface area (Å²) in [5.41, 5.74) is 5.69. The van der Waals surface area contributed by atoms with Gasteiger partial charge in [-0.25, -0.2) is 0 Å². The number of nitrogens with zero attached hydrogens (tertiary/aromatic N) is 1. The summed E-state index contributed by atoms with van der Waals surface area (Å²) in [5.74, 6) is -0.231. The largest absolute Gasteiger partial charge is 0.369 e. The van der Waals surface area contributed by atoms with Crippen molar-refractivity contribution in [2.75, 3.05) is 25.1 Å². The predicted molar refractivity (Wildman–Crippen MR) is 104 cm³/mol. The fraction of sp³-hybridized carbons (Fsp3) is 0.500. The lowest BCUT2D eigenvalue weighted by Gasteiger charge is -2.33. The third kappa shape index (κ3) is 5.38. The number of halogens is 1. The fourth-order valence-corrected chi connectivity index (χ4v) is 3.67. The molecular formula is C18H24ClN3O3S. The molecule has 0 aromatic heterocycles. The molecule has 26 heavy (non-hydrogen) atoms. The highest BCUT2D eigenvalue weighted by Crippen LogP contribution is 2.19. The summed E-state index contributed by atoms with van der Waals surface area (Å²) < 4.78 is 0. The van der Waals surface area contributed by atoms with Crippen LogP contribution < -0.4 is 11.1 Å². The molecule has 1 aliphatic rings. The van der Waals surface area contributed by atoms with E-state index < -0.39 is 6.04 Å². The topological polar surface area (TPSA) is 92.5 Å². The summed E-state index contributed by atoms with van der Waals surface area (Å²) in [5, 5.41) is 3.17. The second-order valence-electron chi connectivity index (χ2n) is 6.29. The lowest BCUT2D eigenvalue weighted by Crippen LogP contribution is -2.51. The second kappa shape index (κ2) is 9.83. The molecule has 2 rings (SSSR count). The highest BCUT2D eigenvalue weighted by Gasteiger charge is 2.31. The van der Waals surface area contributed by atoms with Gasteiger partial charge in [-0.3, -0.25) is 14.4 Å². The molecule has 0 saturated carbocycles. The van der Waals surface area contributed by atoms with E-state index in [-0.39, 0.29) is 23.6 Å². The SMILES string of the molecule is CSCCC(NC(=O)c1ccccc1Cl)C(=O)N1CCC(C(N)=O)CC1. The molecule has 1 aromatic rings. The first-order chi connectivity index (χ1) is 12.4. The van der Waals surface area contributed by atoms with Crippen molar-refractivity contribution in [1.29, 1.82) is 0 Å². The van der Waals surface area contributed by atoms with Gasteiger partial charge >= 0.3 is 0 Å². The molecule has 0 spiro atoms. The number of likely N-dealkylation sites (tertiary alicyclic amines) is 1. The van der Waals surface area contributed by atoms with Gasteiger partial charge in [-0.05, 0) is 43.4 Å². The van der Waals surface area contributed by atoms with Gasteiger partial charge in [0.2, 0.25) is 11.8 Å². The number of amides is 3. The van der Waals surface area contributed by atoms with Crippen LogP contribution in [0, 0.1) is 5.92 Å². The number of nitrogens with one attached hydrogen (secondary N) is 1. The summed E-state index contributed by atoms with van der Waals surface area (Å²) in [4.78, 5) is 38.4. The van der Waals surface area contributed by atoms with Crippen LogP contribution in [0.2, 0.25) is 5.02 Å². The number of piperidine rings is 1. The van der Waals surface area contributed by atoms with E-state index in [2.05, 4.69) is 5.32 Å². The molecule has 1 unspecified atom stereocenters. The first-order valence-corrected chi connectivity index (χ1v) is 10.3. The average molecular weight is 398 g/mol. The van der Waals surface area contributed by atoms with Crippen LogP contribution >= 0.6 is 23.4 Å². The van der Waals surface area contributed by atoms with E-state index in [4.69, 9.17) is 17.3 Å². The Balaban J connectivity index is 2.04. The Morgan fingerprint density at radius 2 is 1.96 bits per heavy atom. The number of thioether (sulfide) groups is 1. The molecule has 0 radical (unpaired) electrons. The lowest BCUT2D eigenvalue weighted by atomic mass is 9.95. The number of hydrogen-bond acceptors (Lipinski definition) is 4. The number of nitrogens with two attached hydrogens (primary N) is 1. The second-order valence-corrected chi connectivity index (χ2v) is 7.68. The molecular weight excluding hydrogens is 374 g/mol. The highest BCUT2D eigenvalue weighted by molar-refractivity contribution is 7.98. The third-order valence-electron chi connectivity index (χ3n) is 4.54. The Hall–Kier alpha value is -1.73. The van der Waals surface area contributed by atoms with Gasteiger partial charge in [-0.1, -0.05) is 23.7 Å². The minimum atomic E-state index is -0.614. The minimum Gasteiger partial charge on any atom is -0.369 e. The monoisotopic (exact) mass is 397 g/mol. The predicted octanol–water partition coefficient (Wildman–Crippen LogP) is 1.92. The molecule has 3 amide bonds. The van der Waals surface area contributed by atoms with Crippen LogP contribution in [0.4, 0.5) is 0 Å². The van der Waals surface area contributed by atoms with Crippen molar-refractivity contribution in [2.24, 2.45) is 11.7 Å². The zero-order valence-electron chi connectivity index (χ0n) is 14.7. The number of carbonyl (C=O) groups excluding carboxylic acids is 3. The Labute approximate surface area is 162 Å². The fourth-order valence-electron chi connectivity index (χ4n) is 2.98. The quantitative estimate of drug-likeness (QED) is 0.735. The van der Waals surface area contributed by atoms with Crippen molar-refractivity contribution in [3.63, 3.8) is 0 Å². The van der Waals surface area contributed by atoms with Gasteiger partial charge in [0.1, 0.15) is 6.04 Å². The van der Waals surface area contributed by atoms with Crippen LogP contribution in [0.15, 0.2) is 24.3 Å². The Morgan fingerprint density at radius 3 is 2.54 bits per heavy atom. The van der Waals surface area contributed by atoms with Crippen LogP contribution in [0.25, 0.3) is 0 Å². The van der Waals surface area contributed by atoms with Gasteiger partial charge in [0, 0.05) is 19.0 Å². The van der Waals surface area contributed by atoms with E-state index >= 15 is 0 Å². The number of carbonyl (C=O) groups is 3. The van der Waals surface area contributed by atoms with Gasteiger partial charge < -0.3 is 16.0 Å². The zero-order chi connectivity index (χ0) is 19.1. The molecule has 1 atom stereocenters. The Morgan fingerprint density at radius 1 is 1.31 bits per heavy atom. The molecule has 1 aromatic carbocycles. The summed E-state index contributed by atoms with van der Waals surface area (Å²) in [6, 6.07) is 6.14. The number of hydrogen-bond donors (Lipinski definition) is 2. The van der Waals surface area contributed by atoms with Gasteiger partial charge in [-0.15, -0.1) is 0 Å². The number of benzene rings is 1. The standard InChI is InChI=1S/C18H24ClN3O3S/c1-26-11-8-15(21-17(24)13-4-2-3-5-14(13)19)18(25)22-9-6-12(7-10-22)16(20)23/h2-5,12,15H,6-11H2,1H3,(H2,20,23)(H,21,24). The highest BCUT2D eigenvalue weighted by atomic mass is 35.5. The molecule has 142 valence electrons. The van der Waals surface area contributed by atoms with Crippen molar-refractivity contribution in [3.8, 4) is 0 Å². The van der Waals surface area contributed by atoms with E-state index in [1.165, 1.54) is 0 Å². The maximum atomic E-state index is 12.9. The molecule has 0 aliphatic carbocycles. The van der Waals surface area contributed by atoms with Gasteiger partial charge in [0.15, 0.2) is 0 Å². The van der Waals surface area contributed by atoms with Crippen LogP contribution in [-0.2, 0) is 9.59 Å². The molecule has 6 nitrogen and oxygen atoms in total. The summed E-state index contributed by atoms with van der Waals surface area (Å²) in [6.45, 7) is 0.953. The zero-order valence-corrected chi connectivity index (χ0v) is 16.3. The maximum Gasteiger partial charge on any atom is 0.253 e. The van der Waals surface area contributed by atoms with Crippen molar-refractivity contribution in [3.05, 3.63) is 34.9 Å². The van der Waals surface area contributed by atoms with Crippen molar-refractivity contribution in [1.82, 2.24) is 10.2 Å². The molecule has 1 heterocycles. The van der Waals surface area contributed by atoms with Crippen LogP contribution in [0.5, 0.6) is 0 Å². The van der Waals surface area contributed by atoms with Crippen molar-refractivity contribution < 1.29 is 14.4 Å². The molecule has 8 heteroatoms. The lowest BCUT2D eigenvalue weighted by molar-refractivity contribution is -0.136. The normalized spacial score (nSPS) is 16.2. The smallest absolute Gasteiger partial charge is 0.253 e. The van der Waals surface area contributed by atoms with Crippen LogP contribution in [0.1, 0.15) is 29.6 Å². The van der Waals surface area contributed by atoms with E-state index in [1.54, 1.807) is 40.9 Å². The molecule has 0 bridgehead atoms. The van der Waals surface area contributed by atoms with E-state index in [1.807, 2.05) is 6.26 Å². The Kier molecular flexibility index (Phi) is 7.78.